The van der Waals surface area contributed by atoms with Crippen LogP contribution in [0.25, 0.3) is 22.0 Å². The van der Waals surface area contributed by atoms with Crippen molar-refractivity contribution in [2.75, 3.05) is 19.8 Å². The minimum absolute atomic E-state index is 0.134. The molecule has 0 atom stereocenters. The van der Waals surface area contributed by atoms with Crippen LogP contribution >= 0.6 is 0 Å². The second kappa shape index (κ2) is 8.14. The number of benzene rings is 3. The van der Waals surface area contributed by atoms with E-state index in [0.29, 0.717) is 37.5 Å². The van der Waals surface area contributed by atoms with Gasteiger partial charge in [0, 0.05) is 10.9 Å². The number of aromatic nitrogens is 2. The quantitative estimate of drug-likeness (QED) is 0.489. The molecule has 0 bridgehead atoms. The lowest BCUT2D eigenvalue weighted by molar-refractivity contribution is 0.171. The third kappa shape index (κ3) is 3.72. The second-order valence-corrected chi connectivity index (χ2v) is 7.39. The van der Waals surface area contributed by atoms with Gasteiger partial charge in [-0.1, -0.05) is 36.4 Å². The van der Waals surface area contributed by atoms with Crippen LogP contribution in [0, 0.1) is 6.92 Å². The van der Waals surface area contributed by atoms with Gasteiger partial charge < -0.3 is 14.2 Å². The van der Waals surface area contributed by atoms with Gasteiger partial charge in [0.15, 0.2) is 11.5 Å². The molecule has 1 aliphatic heterocycles. The maximum atomic E-state index is 13.1. The fourth-order valence-electron chi connectivity index (χ4n) is 3.75. The maximum absolute atomic E-state index is 13.1. The summed E-state index contributed by atoms with van der Waals surface area (Å²) in [6, 6.07) is 21.1. The number of hydrogen-bond acceptors (Lipinski definition) is 5. The van der Waals surface area contributed by atoms with E-state index in [0.717, 1.165) is 33.7 Å². The van der Waals surface area contributed by atoms with Crippen molar-refractivity contribution in [3.8, 4) is 28.5 Å². The van der Waals surface area contributed by atoms with Crippen LogP contribution in [-0.2, 0) is 6.54 Å². The molecule has 0 amide bonds. The minimum Gasteiger partial charge on any atom is -0.491 e. The molecule has 0 saturated carbocycles. The van der Waals surface area contributed by atoms with E-state index < -0.39 is 0 Å². The second-order valence-electron chi connectivity index (χ2n) is 7.39. The highest BCUT2D eigenvalue weighted by Crippen LogP contribution is 2.35. The van der Waals surface area contributed by atoms with E-state index in [9.17, 15) is 4.79 Å². The van der Waals surface area contributed by atoms with Crippen molar-refractivity contribution in [1.82, 2.24) is 9.78 Å². The van der Waals surface area contributed by atoms with Crippen molar-refractivity contribution in [3.63, 3.8) is 0 Å². The van der Waals surface area contributed by atoms with Crippen molar-refractivity contribution < 1.29 is 14.2 Å². The Bertz CT molecular complexity index is 1310. The lowest BCUT2D eigenvalue weighted by atomic mass is 10.0. The first-order valence-corrected chi connectivity index (χ1v) is 10.3. The molecule has 0 N–H and O–H groups in total. The van der Waals surface area contributed by atoms with Gasteiger partial charge in [0.25, 0.3) is 5.56 Å². The number of ether oxygens (including phenoxy) is 3. The summed E-state index contributed by atoms with van der Waals surface area (Å²) in [5.41, 5.74) is 2.51. The van der Waals surface area contributed by atoms with Gasteiger partial charge in [0.1, 0.15) is 25.6 Å². The summed E-state index contributed by atoms with van der Waals surface area (Å²) < 4.78 is 18.7. The molecule has 6 heteroatoms. The molecule has 31 heavy (non-hydrogen) atoms. The van der Waals surface area contributed by atoms with Crippen LogP contribution in [0.4, 0.5) is 0 Å². The molecule has 1 aliphatic rings. The van der Waals surface area contributed by atoms with Crippen molar-refractivity contribution in [1.29, 1.82) is 0 Å². The molecule has 3 aromatic carbocycles. The highest BCUT2D eigenvalue weighted by molar-refractivity contribution is 5.94. The molecular formula is C25H22N2O4. The fraction of sp³-hybridized carbons (Fsp3) is 0.200. The molecule has 0 fully saturated rings. The molecule has 0 saturated heterocycles. The van der Waals surface area contributed by atoms with E-state index >= 15 is 0 Å². The Hall–Kier alpha value is -3.80. The number of hydrogen-bond donors (Lipinski definition) is 0. The van der Waals surface area contributed by atoms with Crippen LogP contribution in [0.5, 0.6) is 17.2 Å². The van der Waals surface area contributed by atoms with Crippen LogP contribution < -0.4 is 19.8 Å². The van der Waals surface area contributed by atoms with Crippen LogP contribution in [0.2, 0.25) is 0 Å². The molecule has 2 heterocycles. The number of fused-ring (bicyclic) bond motifs is 2. The normalized spacial score (nSPS) is 12.7. The van der Waals surface area contributed by atoms with E-state index in [4.69, 9.17) is 19.3 Å². The Labute approximate surface area is 179 Å². The number of nitrogens with zero attached hydrogens (tertiary/aromatic N) is 2. The summed E-state index contributed by atoms with van der Waals surface area (Å²) in [7, 11) is 0. The number of aryl methyl sites for hydroxylation is 1. The number of para-hydroxylation sites is 1. The SMILES string of the molecule is Cc1ccccc1OCCn1nc(-c2ccc3c(c2)OCCO3)c2ccccc2c1=O. The molecule has 1 aromatic heterocycles. The lowest BCUT2D eigenvalue weighted by Crippen LogP contribution is -2.26. The fourth-order valence-corrected chi connectivity index (χ4v) is 3.75. The zero-order valence-electron chi connectivity index (χ0n) is 17.2. The average Bonchev–Trinajstić information content (AvgIpc) is 2.81. The summed E-state index contributed by atoms with van der Waals surface area (Å²) in [5.74, 6) is 2.22. The standard InChI is InChI=1S/C25H22N2O4/c1-17-6-2-5-9-21(17)29-13-12-27-25(28)20-8-4-3-7-19(20)24(26-27)18-10-11-22-23(16-18)31-15-14-30-22/h2-11,16H,12-15H2,1H3. The van der Waals surface area contributed by atoms with Crippen molar-refractivity contribution in [2.24, 2.45) is 0 Å². The Morgan fingerprint density at radius 2 is 1.68 bits per heavy atom. The Balaban J connectivity index is 1.52. The van der Waals surface area contributed by atoms with Crippen molar-refractivity contribution in [3.05, 3.63) is 82.6 Å². The van der Waals surface area contributed by atoms with E-state index in [1.54, 1.807) is 0 Å². The third-order valence-electron chi connectivity index (χ3n) is 5.34. The van der Waals surface area contributed by atoms with Crippen LogP contribution in [0.3, 0.4) is 0 Å². The van der Waals surface area contributed by atoms with Gasteiger partial charge >= 0.3 is 0 Å². The van der Waals surface area contributed by atoms with Gasteiger partial charge in [-0.25, -0.2) is 4.68 Å². The molecular weight excluding hydrogens is 392 g/mol. The van der Waals surface area contributed by atoms with E-state index in [1.807, 2.05) is 73.7 Å². The lowest BCUT2D eigenvalue weighted by Gasteiger charge is -2.19. The van der Waals surface area contributed by atoms with Crippen LogP contribution in [-0.4, -0.2) is 29.6 Å². The predicted molar refractivity (Wildman–Crippen MR) is 119 cm³/mol. The highest BCUT2D eigenvalue weighted by atomic mass is 16.6. The topological polar surface area (TPSA) is 62.6 Å². The molecule has 0 radical (unpaired) electrons. The van der Waals surface area contributed by atoms with E-state index in [1.165, 1.54) is 4.68 Å². The Morgan fingerprint density at radius 1 is 0.935 bits per heavy atom. The van der Waals surface area contributed by atoms with Crippen LogP contribution in [0.1, 0.15) is 5.56 Å². The van der Waals surface area contributed by atoms with Crippen molar-refractivity contribution >= 4 is 10.8 Å². The monoisotopic (exact) mass is 414 g/mol. The predicted octanol–water partition coefficient (Wildman–Crippen LogP) is 4.22. The van der Waals surface area contributed by atoms with Gasteiger partial charge in [-0.15, -0.1) is 0 Å². The molecule has 6 nitrogen and oxygen atoms in total. The summed E-state index contributed by atoms with van der Waals surface area (Å²) >= 11 is 0. The summed E-state index contributed by atoms with van der Waals surface area (Å²) in [6.45, 7) is 3.74. The zero-order valence-corrected chi connectivity index (χ0v) is 17.2. The molecule has 0 spiro atoms. The molecule has 5 rings (SSSR count). The van der Waals surface area contributed by atoms with Gasteiger partial charge in [0.05, 0.1) is 17.6 Å². The highest BCUT2D eigenvalue weighted by Gasteiger charge is 2.16. The van der Waals surface area contributed by atoms with Gasteiger partial charge in [-0.2, -0.15) is 5.10 Å². The van der Waals surface area contributed by atoms with Crippen LogP contribution in [0.15, 0.2) is 71.5 Å². The summed E-state index contributed by atoms with van der Waals surface area (Å²) in [5, 5.41) is 6.13. The summed E-state index contributed by atoms with van der Waals surface area (Å²) in [4.78, 5) is 13.1. The Morgan fingerprint density at radius 3 is 2.52 bits per heavy atom. The smallest absolute Gasteiger partial charge is 0.274 e. The average molecular weight is 414 g/mol. The van der Waals surface area contributed by atoms with Gasteiger partial charge in [-0.05, 0) is 42.8 Å². The number of rotatable bonds is 5. The first-order valence-electron chi connectivity index (χ1n) is 10.3. The Kier molecular flexibility index (Phi) is 5.04. The van der Waals surface area contributed by atoms with Crippen molar-refractivity contribution in [2.45, 2.75) is 13.5 Å². The zero-order chi connectivity index (χ0) is 21.2. The molecule has 0 aliphatic carbocycles. The molecule has 0 unspecified atom stereocenters. The third-order valence-corrected chi connectivity index (χ3v) is 5.34. The molecule has 156 valence electrons. The first-order chi connectivity index (χ1) is 15.2. The van der Waals surface area contributed by atoms with Gasteiger partial charge in [-0.3, -0.25) is 4.79 Å². The molecule has 4 aromatic rings. The van der Waals surface area contributed by atoms with E-state index in [2.05, 4.69) is 0 Å². The summed E-state index contributed by atoms with van der Waals surface area (Å²) in [6.07, 6.45) is 0. The largest absolute Gasteiger partial charge is 0.491 e. The maximum Gasteiger partial charge on any atom is 0.274 e. The first kappa shape index (κ1) is 19.2. The minimum atomic E-state index is -0.134. The van der Waals surface area contributed by atoms with Gasteiger partial charge in [0.2, 0.25) is 0 Å². The van der Waals surface area contributed by atoms with E-state index in [-0.39, 0.29) is 5.56 Å².